The van der Waals surface area contributed by atoms with Crippen LogP contribution in [0, 0.1) is 0 Å². The maximum Gasteiger partial charge on any atom is 0.289 e. The van der Waals surface area contributed by atoms with Gasteiger partial charge in [-0.1, -0.05) is 18.2 Å². The first kappa shape index (κ1) is 19.2. The lowest BCUT2D eigenvalue weighted by Crippen LogP contribution is -2.50. The highest BCUT2D eigenvalue weighted by Gasteiger charge is 2.27. The minimum Gasteiger partial charge on any atom is -0.451 e. The summed E-state index contributed by atoms with van der Waals surface area (Å²) < 4.78 is 28.3. The molecule has 9 heteroatoms. The van der Waals surface area contributed by atoms with Crippen LogP contribution in [-0.2, 0) is 10.0 Å². The number of carbonyl (C=O) groups excluding carboxylic acids is 2. The molecule has 1 fully saturated rings. The molecule has 3 aromatic rings. The monoisotopic (exact) mass is 413 g/mol. The number of primary sulfonamides is 1. The Morgan fingerprint density at radius 1 is 0.862 bits per heavy atom. The summed E-state index contributed by atoms with van der Waals surface area (Å²) in [4.78, 5) is 28.6. The summed E-state index contributed by atoms with van der Waals surface area (Å²) in [6.07, 6.45) is 0. The van der Waals surface area contributed by atoms with E-state index in [1.54, 1.807) is 15.9 Å². The van der Waals surface area contributed by atoms with E-state index in [2.05, 4.69) is 0 Å². The molecule has 4 rings (SSSR count). The first-order valence-electron chi connectivity index (χ1n) is 9.03. The lowest BCUT2D eigenvalue weighted by molar-refractivity contribution is 0.0519. The summed E-state index contributed by atoms with van der Waals surface area (Å²) in [7, 11) is -3.80. The first-order valence-corrected chi connectivity index (χ1v) is 10.6. The van der Waals surface area contributed by atoms with Gasteiger partial charge in [-0.2, -0.15) is 0 Å². The van der Waals surface area contributed by atoms with E-state index in [1.165, 1.54) is 24.3 Å². The quantitative estimate of drug-likeness (QED) is 0.702. The topological polar surface area (TPSA) is 114 Å². The maximum atomic E-state index is 12.7. The Balaban J connectivity index is 1.41. The van der Waals surface area contributed by atoms with Crippen molar-refractivity contribution in [2.24, 2.45) is 5.14 Å². The molecule has 2 aromatic carbocycles. The fraction of sp³-hybridized carbons (Fsp3) is 0.200. The molecule has 0 radical (unpaired) electrons. The van der Waals surface area contributed by atoms with Crippen LogP contribution >= 0.6 is 0 Å². The molecule has 8 nitrogen and oxygen atoms in total. The number of fused-ring (bicyclic) bond motifs is 1. The number of hydrogen-bond donors (Lipinski definition) is 1. The summed E-state index contributed by atoms with van der Waals surface area (Å²) in [5, 5.41) is 5.94. The van der Waals surface area contributed by atoms with Gasteiger partial charge in [-0.15, -0.1) is 0 Å². The van der Waals surface area contributed by atoms with E-state index < -0.39 is 10.0 Å². The lowest BCUT2D eigenvalue weighted by Gasteiger charge is -2.34. The zero-order valence-corrected chi connectivity index (χ0v) is 16.3. The van der Waals surface area contributed by atoms with Crippen molar-refractivity contribution >= 4 is 32.8 Å². The SMILES string of the molecule is NS(=O)(=O)c1ccc(C(=O)N2CCN(C(=O)c3cc4ccccc4o3)CC2)cc1. The van der Waals surface area contributed by atoms with Crippen LogP contribution in [-0.4, -0.2) is 56.2 Å². The van der Waals surface area contributed by atoms with Gasteiger partial charge in [-0.25, -0.2) is 13.6 Å². The average Bonchev–Trinajstić information content (AvgIpc) is 3.16. The van der Waals surface area contributed by atoms with Gasteiger partial charge in [0.1, 0.15) is 5.58 Å². The highest BCUT2D eigenvalue weighted by molar-refractivity contribution is 7.89. The molecule has 1 saturated heterocycles. The summed E-state index contributed by atoms with van der Waals surface area (Å²) in [6, 6.07) is 14.6. The van der Waals surface area contributed by atoms with Crippen molar-refractivity contribution < 1.29 is 22.4 Å². The van der Waals surface area contributed by atoms with Crippen LogP contribution in [0.5, 0.6) is 0 Å². The van der Waals surface area contributed by atoms with Gasteiger partial charge in [0, 0.05) is 37.1 Å². The Kier molecular flexibility index (Phi) is 4.85. The second-order valence-corrected chi connectivity index (χ2v) is 8.36. The average molecular weight is 413 g/mol. The van der Waals surface area contributed by atoms with Crippen molar-refractivity contribution in [1.29, 1.82) is 0 Å². The normalized spacial score (nSPS) is 14.9. The molecule has 1 aromatic heterocycles. The Bertz CT molecular complexity index is 1140. The third-order valence-electron chi connectivity index (χ3n) is 4.92. The maximum absolute atomic E-state index is 12.7. The predicted molar refractivity (Wildman–Crippen MR) is 106 cm³/mol. The molecule has 0 bridgehead atoms. The van der Waals surface area contributed by atoms with E-state index in [-0.39, 0.29) is 22.5 Å². The van der Waals surface area contributed by atoms with E-state index in [9.17, 15) is 18.0 Å². The van der Waals surface area contributed by atoms with Gasteiger partial charge in [0.25, 0.3) is 11.8 Å². The fourth-order valence-electron chi connectivity index (χ4n) is 3.33. The number of piperazine rings is 1. The highest BCUT2D eigenvalue weighted by atomic mass is 32.2. The third-order valence-corrected chi connectivity index (χ3v) is 5.85. The summed E-state index contributed by atoms with van der Waals surface area (Å²) in [5.41, 5.74) is 1.03. The van der Waals surface area contributed by atoms with Gasteiger partial charge in [0.15, 0.2) is 5.76 Å². The van der Waals surface area contributed by atoms with Gasteiger partial charge in [-0.05, 0) is 36.4 Å². The number of nitrogens with zero attached hydrogens (tertiary/aromatic N) is 2. The number of benzene rings is 2. The van der Waals surface area contributed by atoms with Crippen molar-refractivity contribution in [3.05, 3.63) is 65.9 Å². The molecular formula is C20H19N3O5S. The number of para-hydroxylation sites is 1. The smallest absolute Gasteiger partial charge is 0.289 e. The van der Waals surface area contributed by atoms with E-state index in [4.69, 9.17) is 9.56 Å². The molecule has 0 unspecified atom stereocenters. The standard InChI is InChI=1S/C20H19N3O5S/c21-29(26,27)16-7-5-14(6-8-16)19(24)22-9-11-23(12-10-22)20(25)18-13-15-3-1-2-4-17(15)28-18/h1-8,13H,9-12H2,(H2,21,26,27). The van der Waals surface area contributed by atoms with Crippen LogP contribution in [0.2, 0.25) is 0 Å². The van der Waals surface area contributed by atoms with Crippen molar-refractivity contribution in [3.8, 4) is 0 Å². The van der Waals surface area contributed by atoms with Crippen molar-refractivity contribution in [2.45, 2.75) is 4.90 Å². The summed E-state index contributed by atoms with van der Waals surface area (Å²) in [5.74, 6) is -0.142. The van der Waals surface area contributed by atoms with Crippen LogP contribution in [0.15, 0.2) is 63.9 Å². The molecule has 2 amide bonds. The van der Waals surface area contributed by atoms with Gasteiger partial charge in [0.05, 0.1) is 4.90 Å². The number of amides is 2. The number of carbonyl (C=O) groups is 2. The molecule has 29 heavy (non-hydrogen) atoms. The Morgan fingerprint density at radius 3 is 2.03 bits per heavy atom. The number of furan rings is 1. The van der Waals surface area contributed by atoms with Crippen LogP contribution < -0.4 is 5.14 Å². The number of sulfonamides is 1. The minimum absolute atomic E-state index is 0.0460. The summed E-state index contributed by atoms with van der Waals surface area (Å²) >= 11 is 0. The van der Waals surface area contributed by atoms with Crippen molar-refractivity contribution in [3.63, 3.8) is 0 Å². The second-order valence-electron chi connectivity index (χ2n) is 6.80. The third kappa shape index (κ3) is 3.87. The van der Waals surface area contributed by atoms with E-state index in [1.807, 2.05) is 24.3 Å². The molecule has 2 N–H and O–H groups in total. The Morgan fingerprint density at radius 2 is 1.45 bits per heavy atom. The fourth-order valence-corrected chi connectivity index (χ4v) is 3.84. The van der Waals surface area contributed by atoms with E-state index >= 15 is 0 Å². The summed E-state index contributed by atoms with van der Waals surface area (Å²) in [6.45, 7) is 1.53. The molecule has 0 spiro atoms. The van der Waals surface area contributed by atoms with E-state index in [0.29, 0.717) is 37.3 Å². The first-order chi connectivity index (χ1) is 13.8. The molecule has 1 aliphatic rings. The molecule has 2 heterocycles. The molecule has 150 valence electrons. The van der Waals surface area contributed by atoms with Crippen molar-refractivity contribution in [1.82, 2.24) is 9.80 Å². The molecule has 1 aliphatic heterocycles. The zero-order chi connectivity index (χ0) is 20.6. The molecule has 0 saturated carbocycles. The van der Waals surface area contributed by atoms with Gasteiger partial charge in [0.2, 0.25) is 10.0 Å². The number of rotatable bonds is 3. The van der Waals surface area contributed by atoms with Gasteiger partial charge in [-0.3, -0.25) is 9.59 Å². The Labute approximate surface area is 167 Å². The van der Waals surface area contributed by atoms with Crippen LogP contribution in [0.25, 0.3) is 11.0 Å². The molecular weight excluding hydrogens is 394 g/mol. The van der Waals surface area contributed by atoms with Gasteiger partial charge >= 0.3 is 0 Å². The number of nitrogens with two attached hydrogens (primary N) is 1. The molecule has 0 atom stereocenters. The Hall–Kier alpha value is -3.17. The largest absolute Gasteiger partial charge is 0.451 e. The van der Waals surface area contributed by atoms with Crippen LogP contribution in [0.4, 0.5) is 0 Å². The molecule has 0 aliphatic carbocycles. The minimum atomic E-state index is -3.80. The number of hydrogen-bond acceptors (Lipinski definition) is 5. The second kappa shape index (κ2) is 7.34. The van der Waals surface area contributed by atoms with Crippen molar-refractivity contribution in [2.75, 3.05) is 26.2 Å². The van der Waals surface area contributed by atoms with Crippen LogP contribution in [0.3, 0.4) is 0 Å². The van der Waals surface area contributed by atoms with Gasteiger partial charge < -0.3 is 14.2 Å². The zero-order valence-electron chi connectivity index (χ0n) is 15.4. The van der Waals surface area contributed by atoms with Crippen LogP contribution in [0.1, 0.15) is 20.9 Å². The lowest BCUT2D eigenvalue weighted by atomic mass is 10.2. The predicted octanol–water partition coefficient (Wildman–Crippen LogP) is 1.68. The highest BCUT2D eigenvalue weighted by Crippen LogP contribution is 2.21. The van der Waals surface area contributed by atoms with E-state index in [0.717, 1.165) is 5.39 Å².